The van der Waals surface area contributed by atoms with E-state index in [0.29, 0.717) is 0 Å². The first-order valence-corrected chi connectivity index (χ1v) is 11.1. The van der Waals surface area contributed by atoms with E-state index in [1.165, 1.54) is 10.5 Å². The van der Waals surface area contributed by atoms with Crippen molar-refractivity contribution >= 4 is 39.4 Å². The quantitative estimate of drug-likeness (QED) is 0.630. The average Bonchev–Trinajstić information content (AvgIpc) is 3.01. The van der Waals surface area contributed by atoms with Gasteiger partial charge < -0.3 is 0 Å². The van der Waals surface area contributed by atoms with Gasteiger partial charge in [0, 0.05) is 33.1 Å². The van der Waals surface area contributed by atoms with E-state index in [9.17, 15) is 4.79 Å². The van der Waals surface area contributed by atoms with Gasteiger partial charge in [0.1, 0.15) is 0 Å². The highest BCUT2D eigenvalue weighted by Gasteiger charge is 2.11. The minimum Gasteiger partial charge on any atom is -0.272 e. The Hall–Kier alpha value is -1.96. The van der Waals surface area contributed by atoms with E-state index in [-0.39, 0.29) is 12.3 Å². The summed E-state index contributed by atoms with van der Waals surface area (Å²) in [5.74, 6) is 0.853. The summed E-state index contributed by atoms with van der Waals surface area (Å²) in [5, 5.41) is 11.4. The van der Waals surface area contributed by atoms with E-state index < -0.39 is 10.9 Å². The van der Waals surface area contributed by atoms with Crippen LogP contribution in [0.25, 0.3) is 10.9 Å². The molecule has 0 aliphatic heterocycles. The molecular weight excluding hydrogens is 376 g/mol. The van der Waals surface area contributed by atoms with Gasteiger partial charge in [0.25, 0.3) is 5.91 Å². The monoisotopic (exact) mass is 400 g/mol. The number of rotatable bonds is 6. The second kappa shape index (κ2) is 8.82. The normalized spacial score (nSPS) is 12.6. The fourth-order valence-electron chi connectivity index (χ4n) is 2.89. The highest BCUT2D eigenvalue weighted by Crippen LogP contribution is 2.28. The molecule has 0 radical (unpaired) electrons. The van der Waals surface area contributed by atoms with Crippen LogP contribution < -0.4 is 5.14 Å². The van der Waals surface area contributed by atoms with Crippen LogP contribution >= 0.6 is 11.8 Å². The van der Waals surface area contributed by atoms with Gasteiger partial charge in [-0.05, 0) is 48.4 Å². The Morgan fingerprint density at radius 3 is 2.93 bits per heavy atom. The molecule has 0 aliphatic rings. The number of hydrogen-bond acceptors (Lipinski definition) is 3. The molecule has 1 atom stereocenters. The number of hydrogen-bond donors (Lipinski definition) is 1. The molecule has 1 unspecified atom stereocenters. The van der Waals surface area contributed by atoms with Crippen LogP contribution in [-0.2, 0) is 29.1 Å². The van der Waals surface area contributed by atoms with Gasteiger partial charge in [-0.1, -0.05) is 25.1 Å². The number of benzene rings is 2. The number of carbonyl (C=O) groups is 1. The summed E-state index contributed by atoms with van der Waals surface area (Å²) in [7, 11) is 0.927. The van der Waals surface area contributed by atoms with Crippen LogP contribution in [-0.4, -0.2) is 21.4 Å². The Balaban J connectivity index is 1.80. The number of nitrogens with two attached hydrogens (primary N) is 1. The fraction of sp³-hybridized carbons (Fsp3) is 0.300. The first kappa shape index (κ1) is 19.8. The first-order chi connectivity index (χ1) is 13.0. The van der Waals surface area contributed by atoms with Crippen molar-refractivity contribution in [1.29, 1.82) is 0 Å². The van der Waals surface area contributed by atoms with Crippen molar-refractivity contribution in [2.75, 3.05) is 5.75 Å². The second-order valence-electron chi connectivity index (χ2n) is 6.38. The number of amides is 1. The van der Waals surface area contributed by atoms with Gasteiger partial charge in [0.2, 0.25) is 0 Å². The maximum absolute atomic E-state index is 12.5. The molecule has 0 saturated carbocycles. The van der Waals surface area contributed by atoms with Crippen LogP contribution in [0.1, 0.15) is 24.5 Å². The van der Waals surface area contributed by atoms with Gasteiger partial charge in [-0.25, -0.2) is 0 Å². The van der Waals surface area contributed by atoms with E-state index in [1.54, 1.807) is 18.0 Å². The van der Waals surface area contributed by atoms with Crippen LogP contribution in [0.15, 0.2) is 56.7 Å². The lowest BCUT2D eigenvalue weighted by Crippen LogP contribution is -2.09. The highest BCUT2D eigenvalue weighted by atomic mass is 32.2. The molecule has 142 valence electrons. The minimum absolute atomic E-state index is 0.184. The summed E-state index contributed by atoms with van der Waals surface area (Å²) < 4.78 is 6.05. The average molecular weight is 401 g/mol. The van der Waals surface area contributed by atoms with E-state index >= 15 is 0 Å². The van der Waals surface area contributed by atoms with Crippen LogP contribution in [0.5, 0.6) is 0 Å². The predicted octanol–water partition coefficient (Wildman–Crippen LogP) is 4.19. The second-order valence-corrected chi connectivity index (χ2v) is 8.77. The molecular formula is C20H24N4OS2. The Morgan fingerprint density at radius 2 is 2.15 bits per heavy atom. The molecule has 1 aromatic heterocycles. The number of nitrogens with zero attached hydrogens (tertiary/aromatic N) is 3. The molecule has 0 saturated heterocycles. The minimum atomic E-state index is -0.970. The standard InChI is InChI=1S/C20H24N4OS2/c1-4-10-26-20-14(2)6-5-7-15(20)12-19(25)23-27(21)17-8-9-18-16(11-17)13-22-24(18)3/h5-9,11,13H,4,10,12H2,1-3H3,(H2,21,23,25). The van der Waals surface area contributed by atoms with Crippen molar-refractivity contribution < 1.29 is 4.79 Å². The molecule has 1 heterocycles. The number of thioether (sulfide) groups is 1. The highest BCUT2D eigenvalue weighted by molar-refractivity contribution is 7.99. The van der Waals surface area contributed by atoms with Gasteiger partial charge in [-0.2, -0.15) is 9.46 Å². The first-order valence-electron chi connectivity index (χ1n) is 8.86. The topological polar surface area (TPSA) is 73.3 Å². The largest absolute Gasteiger partial charge is 0.272 e. The zero-order valence-electron chi connectivity index (χ0n) is 15.8. The third-order valence-corrected chi connectivity index (χ3v) is 6.87. The van der Waals surface area contributed by atoms with Crippen molar-refractivity contribution in [2.45, 2.75) is 36.5 Å². The molecule has 27 heavy (non-hydrogen) atoms. The SMILES string of the molecule is CCCSc1c(C)cccc1CC(=O)N=S(N)c1ccc2c(cnn2C)c1. The molecule has 5 nitrogen and oxygen atoms in total. The summed E-state index contributed by atoms with van der Waals surface area (Å²) in [5.41, 5.74) is 3.26. The molecule has 3 aromatic rings. The lowest BCUT2D eigenvalue weighted by atomic mass is 10.1. The van der Waals surface area contributed by atoms with Crippen LogP contribution in [0.4, 0.5) is 0 Å². The summed E-state index contributed by atoms with van der Waals surface area (Å²) in [6, 6.07) is 11.9. The molecule has 0 aliphatic carbocycles. The predicted molar refractivity (Wildman–Crippen MR) is 114 cm³/mol. The van der Waals surface area contributed by atoms with Gasteiger partial charge in [0.15, 0.2) is 0 Å². The maximum Gasteiger partial charge on any atom is 0.257 e. The van der Waals surface area contributed by atoms with Crippen LogP contribution in [0.3, 0.4) is 0 Å². The van der Waals surface area contributed by atoms with Crippen LogP contribution in [0.2, 0.25) is 0 Å². The Bertz CT molecular complexity index is 1010. The summed E-state index contributed by atoms with van der Waals surface area (Å²) in [6.45, 7) is 4.24. The molecule has 1 amide bonds. The van der Waals surface area contributed by atoms with Crippen molar-refractivity contribution in [3.05, 3.63) is 53.7 Å². The smallest absolute Gasteiger partial charge is 0.257 e. The van der Waals surface area contributed by atoms with Gasteiger partial charge >= 0.3 is 0 Å². The molecule has 2 aromatic carbocycles. The lowest BCUT2D eigenvalue weighted by molar-refractivity contribution is -0.117. The van der Waals surface area contributed by atoms with Gasteiger partial charge in [-0.3, -0.25) is 14.6 Å². The maximum atomic E-state index is 12.5. The van der Waals surface area contributed by atoms with Gasteiger partial charge in [-0.15, -0.1) is 11.8 Å². The summed E-state index contributed by atoms with van der Waals surface area (Å²) >= 11 is 1.80. The number of aryl methyl sites for hydroxylation is 2. The molecule has 2 N–H and O–H groups in total. The number of carbonyl (C=O) groups excluding carboxylic acids is 1. The van der Waals surface area contributed by atoms with E-state index in [0.717, 1.165) is 33.5 Å². The Labute approximate surface area is 166 Å². The van der Waals surface area contributed by atoms with Gasteiger partial charge in [0.05, 0.1) is 18.1 Å². The van der Waals surface area contributed by atoms with Crippen molar-refractivity contribution in [1.82, 2.24) is 9.78 Å². The summed E-state index contributed by atoms with van der Waals surface area (Å²) in [6.07, 6.45) is 3.17. The van der Waals surface area contributed by atoms with Crippen molar-refractivity contribution in [2.24, 2.45) is 16.5 Å². The molecule has 0 spiro atoms. The van der Waals surface area contributed by atoms with Crippen molar-refractivity contribution in [3.8, 4) is 0 Å². The number of aromatic nitrogens is 2. The zero-order chi connectivity index (χ0) is 19.4. The van der Waals surface area contributed by atoms with E-state index in [1.807, 2.05) is 42.1 Å². The third-order valence-electron chi connectivity index (χ3n) is 4.24. The number of fused-ring (bicyclic) bond motifs is 1. The Kier molecular flexibility index (Phi) is 6.46. The zero-order valence-corrected chi connectivity index (χ0v) is 17.4. The molecule has 0 bridgehead atoms. The van der Waals surface area contributed by atoms with E-state index in [4.69, 9.17) is 5.14 Å². The molecule has 3 rings (SSSR count). The lowest BCUT2D eigenvalue weighted by Gasteiger charge is -2.10. The molecule has 7 heteroatoms. The summed E-state index contributed by atoms with van der Waals surface area (Å²) in [4.78, 5) is 14.6. The van der Waals surface area contributed by atoms with E-state index in [2.05, 4.69) is 29.4 Å². The third kappa shape index (κ3) is 4.66. The molecule has 0 fully saturated rings. The van der Waals surface area contributed by atoms with Crippen molar-refractivity contribution in [3.63, 3.8) is 0 Å². The fourth-order valence-corrected chi connectivity index (χ4v) is 4.77. The Morgan fingerprint density at radius 1 is 1.33 bits per heavy atom. The van der Waals surface area contributed by atoms with Crippen LogP contribution in [0, 0.1) is 6.92 Å².